The van der Waals surface area contributed by atoms with E-state index in [2.05, 4.69) is 103 Å². The molecule has 184 valence electrons. The van der Waals surface area contributed by atoms with E-state index in [9.17, 15) is 4.79 Å². The summed E-state index contributed by atoms with van der Waals surface area (Å²) in [7, 11) is 0. The van der Waals surface area contributed by atoms with E-state index in [4.69, 9.17) is 4.99 Å². The fourth-order valence-corrected chi connectivity index (χ4v) is 6.35. The molecule has 3 nitrogen and oxygen atoms in total. The summed E-state index contributed by atoms with van der Waals surface area (Å²) in [6, 6.07) is 41.3. The van der Waals surface area contributed by atoms with Gasteiger partial charge in [-0.15, -0.1) is 0 Å². The smallest absolute Gasteiger partial charge is 0.260 e. The van der Waals surface area contributed by atoms with Gasteiger partial charge in [0.2, 0.25) is 0 Å². The highest BCUT2D eigenvalue weighted by Crippen LogP contribution is 2.41. The number of nitrogens with zero attached hydrogens (tertiary/aromatic N) is 2. The zero-order valence-electron chi connectivity index (χ0n) is 21.2. The molecule has 1 aliphatic carbocycles. The van der Waals surface area contributed by atoms with Crippen molar-refractivity contribution in [3.63, 3.8) is 0 Å². The van der Waals surface area contributed by atoms with Crippen molar-refractivity contribution in [1.82, 2.24) is 4.57 Å². The average Bonchev–Trinajstić information content (AvgIpc) is 3.40. The molecule has 2 unspecified atom stereocenters. The summed E-state index contributed by atoms with van der Waals surface area (Å²) in [5.41, 5.74) is 7.58. The van der Waals surface area contributed by atoms with Gasteiger partial charge in [-0.25, -0.2) is 0 Å². The second kappa shape index (κ2) is 8.50. The van der Waals surface area contributed by atoms with Crippen LogP contribution in [0, 0.1) is 0 Å². The van der Waals surface area contributed by atoms with Crippen molar-refractivity contribution in [3.05, 3.63) is 160 Å². The van der Waals surface area contributed by atoms with Gasteiger partial charge in [0.05, 0.1) is 6.04 Å². The molecule has 0 spiro atoms. The van der Waals surface area contributed by atoms with E-state index in [1.165, 1.54) is 0 Å². The quantitative estimate of drug-likeness (QED) is 0.252. The van der Waals surface area contributed by atoms with Crippen molar-refractivity contribution < 1.29 is 0 Å². The van der Waals surface area contributed by atoms with Crippen LogP contribution in [-0.4, -0.2) is 10.6 Å². The molecule has 2 aliphatic rings. The molecule has 0 bridgehead atoms. The number of fused-ring (bicyclic) bond motifs is 4. The van der Waals surface area contributed by atoms with E-state index in [1.807, 2.05) is 34.9 Å². The largest absolute Gasteiger partial charge is 0.283 e. The predicted molar refractivity (Wildman–Crippen MR) is 160 cm³/mol. The topological polar surface area (TPSA) is 34.4 Å². The van der Waals surface area contributed by atoms with Crippen LogP contribution in [0.2, 0.25) is 0 Å². The first-order chi connectivity index (χ1) is 19.3. The summed E-state index contributed by atoms with van der Waals surface area (Å²) in [5.74, 6) is 0. The fourth-order valence-electron chi connectivity index (χ4n) is 6.35. The lowest BCUT2D eigenvalue weighted by atomic mass is 9.85. The van der Waals surface area contributed by atoms with Gasteiger partial charge in [0.15, 0.2) is 0 Å². The minimum atomic E-state index is -0.194. The Morgan fingerprint density at radius 3 is 1.95 bits per heavy atom. The van der Waals surface area contributed by atoms with Crippen molar-refractivity contribution in [2.24, 2.45) is 4.99 Å². The molecule has 0 N–H and O–H groups in total. The van der Waals surface area contributed by atoms with Crippen LogP contribution in [0.4, 0.5) is 0 Å². The molecule has 0 saturated heterocycles. The minimum absolute atomic E-state index is 0.0162. The first-order valence-corrected chi connectivity index (χ1v) is 13.3. The van der Waals surface area contributed by atoms with Gasteiger partial charge in [-0.3, -0.25) is 14.4 Å². The summed E-state index contributed by atoms with van der Waals surface area (Å²) >= 11 is 0. The lowest BCUT2D eigenvalue weighted by Crippen LogP contribution is -2.35. The molecule has 6 aromatic rings. The molecular formula is C36H24N2O. The summed E-state index contributed by atoms with van der Waals surface area (Å²) in [6.07, 6.45) is 4.48. The Bertz CT molecular complexity index is 2070. The van der Waals surface area contributed by atoms with Gasteiger partial charge < -0.3 is 0 Å². The number of hydrogen-bond donors (Lipinski definition) is 0. The average molecular weight is 501 g/mol. The Morgan fingerprint density at radius 1 is 0.590 bits per heavy atom. The molecule has 0 amide bonds. The van der Waals surface area contributed by atoms with Gasteiger partial charge in [-0.05, 0) is 57.0 Å². The predicted octanol–water partition coefficient (Wildman–Crippen LogP) is 7.26. The molecule has 0 radical (unpaired) electrons. The highest BCUT2D eigenvalue weighted by molar-refractivity contribution is 6.14. The summed E-state index contributed by atoms with van der Waals surface area (Å²) in [5, 5.41) is 3.85. The fraction of sp³-hybridized carbons (Fsp3) is 0.0556. The van der Waals surface area contributed by atoms with Crippen LogP contribution in [0.1, 0.15) is 17.2 Å². The third-order valence-electron chi connectivity index (χ3n) is 8.12. The molecule has 1 aromatic heterocycles. The van der Waals surface area contributed by atoms with Crippen LogP contribution in [0.5, 0.6) is 0 Å². The van der Waals surface area contributed by atoms with Gasteiger partial charge in [0, 0.05) is 16.2 Å². The first-order valence-electron chi connectivity index (χ1n) is 13.3. The molecule has 2 heterocycles. The number of benzene rings is 5. The SMILES string of the molecule is O=c1c2cccc3c(-c4ccccc4)ccc(c4n1C1C=C(c5ccccc5)C=C(c5ccccc5)C1N=4)c32. The number of aromatic nitrogens is 1. The van der Waals surface area contributed by atoms with Crippen LogP contribution >= 0.6 is 0 Å². The van der Waals surface area contributed by atoms with E-state index in [-0.39, 0.29) is 17.6 Å². The van der Waals surface area contributed by atoms with Gasteiger partial charge in [0.25, 0.3) is 5.56 Å². The monoisotopic (exact) mass is 500 g/mol. The maximum Gasteiger partial charge on any atom is 0.260 e. The third kappa shape index (κ3) is 3.30. The normalized spacial score (nSPS) is 17.8. The highest BCUT2D eigenvalue weighted by Gasteiger charge is 2.36. The zero-order chi connectivity index (χ0) is 25.9. The summed E-state index contributed by atoms with van der Waals surface area (Å²) in [6.45, 7) is 0. The van der Waals surface area contributed by atoms with Gasteiger partial charge in [-0.2, -0.15) is 0 Å². The third-order valence-corrected chi connectivity index (χ3v) is 8.12. The number of hydrogen-bond acceptors (Lipinski definition) is 2. The molecule has 8 rings (SSSR count). The number of pyridine rings is 1. The number of allylic oxidation sites excluding steroid dienone is 2. The maximum atomic E-state index is 14.3. The molecule has 5 aromatic carbocycles. The molecule has 2 atom stereocenters. The molecule has 0 fully saturated rings. The van der Waals surface area contributed by atoms with Crippen LogP contribution in [0.15, 0.2) is 143 Å². The molecule has 3 heteroatoms. The van der Waals surface area contributed by atoms with E-state index < -0.39 is 0 Å². The van der Waals surface area contributed by atoms with Crippen molar-refractivity contribution in [1.29, 1.82) is 0 Å². The standard InChI is InChI=1S/C36H24N2O/c39-36-30-18-10-17-28-27(24-13-6-2-7-14-24)19-20-29(33(28)30)35-37-34-31(25-15-8-3-9-16-25)21-26(22-32(34)38(35)36)23-11-4-1-5-12-23/h1-22,32,34H. The highest BCUT2D eigenvalue weighted by atomic mass is 16.1. The van der Waals surface area contributed by atoms with E-state index in [0.29, 0.717) is 0 Å². The molecule has 0 saturated carbocycles. The van der Waals surface area contributed by atoms with Gasteiger partial charge >= 0.3 is 0 Å². The minimum Gasteiger partial charge on any atom is -0.283 e. The van der Waals surface area contributed by atoms with Crippen LogP contribution in [0.3, 0.4) is 0 Å². The van der Waals surface area contributed by atoms with E-state index >= 15 is 0 Å². The first kappa shape index (κ1) is 22.0. The van der Waals surface area contributed by atoms with Crippen molar-refractivity contribution in [3.8, 4) is 11.1 Å². The van der Waals surface area contributed by atoms with E-state index in [1.54, 1.807) is 0 Å². The molecule has 39 heavy (non-hydrogen) atoms. The second-order valence-corrected chi connectivity index (χ2v) is 10.3. The van der Waals surface area contributed by atoms with Crippen molar-refractivity contribution >= 4 is 32.7 Å². The van der Waals surface area contributed by atoms with Gasteiger partial charge in [0.1, 0.15) is 11.5 Å². The summed E-state index contributed by atoms with van der Waals surface area (Å²) < 4.78 is 1.93. The summed E-state index contributed by atoms with van der Waals surface area (Å²) in [4.78, 5) is 19.6. The Morgan fingerprint density at radius 2 is 1.23 bits per heavy atom. The zero-order valence-corrected chi connectivity index (χ0v) is 21.2. The molecule has 1 aliphatic heterocycles. The molecular weight excluding hydrogens is 476 g/mol. The lowest BCUT2D eigenvalue weighted by molar-refractivity contribution is 0.588. The maximum absolute atomic E-state index is 14.3. The van der Waals surface area contributed by atoms with Crippen LogP contribution < -0.4 is 11.0 Å². The van der Waals surface area contributed by atoms with E-state index in [0.717, 1.165) is 60.4 Å². The second-order valence-electron chi connectivity index (χ2n) is 10.3. The number of rotatable bonds is 3. The Hall–Kier alpha value is -5.02. The van der Waals surface area contributed by atoms with Crippen molar-refractivity contribution in [2.45, 2.75) is 12.1 Å². The van der Waals surface area contributed by atoms with Crippen molar-refractivity contribution in [2.75, 3.05) is 0 Å². The van der Waals surface area contributed by atoms with Crippen LogP contribution in [0.25, 0.3) is 43.8 Å². The Labute approximate surface area is 225 Å². The van der Waals surface area contributed by atoms with Gasteiger partial charge in [-0.1, -0.05) is 115 Å². The lowest BCUT2D eigenvalue weighted by Gasteiger charge is -2.26. The Balaban J connectivity index is 1.43. The van der Waals surface area contributed by atoms with Crippen LogP contribution in [-0.2, 0) is 0 Å². The Kier molecular flexibility index (Phi) is 4.80.